The van der Waals surface area contributed by atoms with Crippen LogP contribution in [0.2, 0.25) is 0 Å². The van der Waals surface area contributed by atoms with Gasteiger partial charge in [-0.15, -0.1) is 11.3 Å². The number of carbonyl (C=O) groups is 4. The molecule has 0 amide bonds. The van der Waals surface area contributed by atoms with E-state index in [9.17, 15) is 0 Å². The van der Waals surface area contributed by atoms with Gasteiger partial charge in [0.2, 0.25) is 0 Å². The molecule has 5 N–H and O–H groups in total. The number of ether oxygens (including phenoxy) is 2. The Morgan fingerprint density at radius 2 is 1.55 bits per heavy atom. The Morgan fingerprint density at radius 1 is 0.974 bits per heavy atom. The van der Waals surface area contributed by atoms with Gasteiger partial charge in [-0.3, -0.25) is 4.90 Å². The van der Waals surface area contributed by atoms with Gasteiger partial charge in [0.15, 0.2) is 0 Å². The number of hydrogen-bond acceptors (Lipinski definition) is 11. The maximum atomic E-state index is 9.10. The summed E-state index contributed by atoms with van der Waals surface area (Å²) in [4.78, 5) is 48.7. The van der Waals surface area contributed by atoms with Crippen molar-refractivity contribution < 1.29 is 49.1 Å². The highest BCUT2D eigenvalue weighted by Gasteiger charge is 2.14. The molecule has 0 atom stereocenters. The van der Waals surface area contributed by atoms with Crippen LogP contribution in [0.25, 0.3) is 21.3 Å². The summed E-state index contributed by atoms with van der Waals surface area (Å²) < 4.78 is 10.7. The van der Waals surface area contributed by atoms with Gasteiger partial charge in [-0.2, -0.15) is 0 Å². The quantitative estimate of drug-likeness (QED) is 0.275. The molecule has 1 fully saturated rings. The van der Waals surface area contributed by atoms with Crippen LogP contribution in [0.3, 0.4) is 0 Å². The Kier molecular flexibility index (Phi) is 11.8. The second kappa shape index (κ2) is 15.0. The molecule has 0 aliphatic carbocycles. The number of fused-ring (bicyclic) bond motifs is 1. The molecule has 0 saturated carbocycles. The smallest absolute Gasteiger partial charge is 0.414 e. The molecule has 204 valence electrons. The second-order valence-corrected chi connectivity index (χ2v) is 8.24. The van der Waals surface area contributed by atoms with Crippen molar-refractivity contribution in [1.82, 2.24) is 14.9 Å². The minimum Gasteiger partial charge on any atom is -0.497 e. The fourth-order valence-electron chi connectivity index (χ4n) is 3.15. The Bertz CT molecular complexity index is 1190. The first kappa shape index (κ1) is 29.9. The minimum atomic E-state index is -1.82. The number of anilines is 1. The maximum absolute atomic E-state index is 9.10. The van der Waals surface area contributed by atoms with Crippen LogP contribution in [0.1, 0.15) is 0 Å². The number of morpholine rings is 1. The molecule has 0 spiro atoms. The third-order valence-electron chi connectivity index (χ3n) is 4.96. The Morgan fingerprint density at radius 3 is 2.08 bits per heavy atom. The van der Waals surface area contributed by atoms with Crippen LogP contribution in [0.15, 0.2) is 36.0 Å². The van der Waals surface area contributed by atoms with Crippen molar-refractivity contribution in [3.8, 4) is 16.9 Å². The first-order valence-corrected chi connectivity index (χ1v) is 11.8. The molecule has 38 heavy (non-hydrogen) atoms. The number of nitrogens with one attached hydrogen (secondary N) is 1. The first-order chi connectivity index (χ1) is 18.1. The van der Waals surface area contributed by atoms with Crippen LogP contribution in [-0.4, -0.2) is 106 Å². The number of benzene rings is 1. The van der Waals surface area contributed by atoms with Gasteiger partial charge in [0.1, 0.15) is 22.7 Å². The van der Waals surface area contributed by atoms with Crippen LogP contribution in [0.5, 0.6) is 5.75 Å². The van der Waals surface area contributed by atoms with Crippen LogP contribution in [0, 0.1) is 0 Å². The number of aromatic nitrogens is 2. The fourth-order valence-corrected chi connectivity index (χ4v) is 4.07. The highest BCUT2D eigenvalue weighted by Crippen LogP contribution is 2.36. The van der Waals surface area contributed by atoms with Crippen LogP contribution in [-0.2, 0) is 23.9 Å². The molecule has 14 nitrogen and oxygen atoms in total. The standard InChI is InChI=1S/C19H22N4O2S.2C2H2O4/c1-24-15-4-2-14(3-5-15)16-12-26-19-17(16)18(21-13-22-19)20-6-7-23-8-10-25-11-9-23;2*3-1(4)2(5)6/h2-5,12-13H,6-11H2,1H3,(H,20,21,22);2*(H,3,4)(H,5,6). The number of thiophene rings is 1. The summed E-state index contributed by atoms with van der Waals surface area (Å²) in [7, 11) is 1.68. The fraction of sp³-hybridized carbons (Fsp3) is 0.304. The molecule has 3 heterocycles. The molecule has 0 radical (unpaired) electrons. The predicted molar refractivity (Wildman–Crippen MR) is 136 cm³/mol. The lowest BCUT2D eigenvalue weighted by Gasteiger charge is -2.26. The number of aliphatic carboxylic acids is 4. The normalized spacial score (nSPS) is 12.8. The predicted octanol–water partition coefficient (Wildman–Crippen LogP) is 1.42. The van der Waals surface area contributed by atoms with Crippen molar-refractivity contribution in [2.24, 2.45) is 0 Å². The number of nitrogens with zero attached hydrogens (tertiary/aromatic N) is 3. The number of hydrogen-bond donors (Lipinski definition) is 5. The Labute approximate surface area is 220 Å². The van der Waals surface area contributed by atoms with Gasteiger partial charge in [-0.25, -0.2) is 29.1 Å². The second-order valence-electron chi connectivity index (χ2n) is 7.38. The number of rotatable bonds is 6. The summed E-state index contributed by atoms with van der Waals surface area (Å²) in [6, 6.07) is 8.11. The zero-order valence-electron chi connectivity index (χ0n) is 20.2. The molecular formula is C23H26N4O10S. The van der Waals surface area contributed by atoms with Gasteiger partial charge in [0, 0.05) is 37.1 Å². The monoisotopic (exact) mass is 550 g/mol. The molecule has 2 aromatic heterocycles. The number of methoxy groups -OCH3 is 1. The highest BCUT2D eigenvalue weighted by molar-refractivity contribution is 7.17. The van der Waals surface area contributed by atoms with Crippen molar-refractivity contribution in [2.45, 2.75) is 0 Å². The van der Waals surface area contributed by atoms with E-state index in [0.717, 1.165) is 72.3 Å². The average Bonchev–Trinajstić information content (AvgIpc) is 3.35. The molecule has 3 aromatic rings. The van der Waals surface area contributed by atoms with Gasteiger partial charge < -0.3 is 35.2 Å². The van der Waals surface area contributed by atoms with E-state index < -0.39 is 23.9 Å². The molecule has 1 aromatic carbocycles. The third kappa shape index (κ3) is 9.27. The Balaban J connectivity index is 0.000000355. The van der Waals surface area contributed by atoms with E-state index in [2.05, 4.69) is 37.7 Å². The van der Waals surface area contributed by atoms with Crippen LogP contribution in [0.4, 0.5) is 5.82 Å². The maximum Gasteiger partial charge on any atom is 0.414 e. The summed E-state index contributed by atoms with van der Waals surface area (Å²) in [5.41, 5.74) is 2.30. The van der Waals surface area contributed by atoms with E-state index in [4.69, 9.17) is 49.1 Å². The lowest BCUT2D eigenvalue weighted by atomic mass is 10.1. The zero-order chi connectivity index (χ0) is 28.1. The summed E-state index contributed by atoms with van der Waals surface area (Å²) >= 11 is 1.65. The molecule has 4 rings (SSSR count). The summed E-state index contributed by atoms with van der Waals surface area (Å²) in [6.45, 7) is 5.47. The summed E-state index contributed by atoms with van der Waals surface area (Å²) in [5, 5.41) is 36.3. The van der Waals surface area contributed by atoms with E-state index in [1.54, 1.807) is 24.8 Å². The largest absolute Gasteiger partial charge is 0.497 e. The van der Waals surface area contributed by atoms with E-state index in [1.165, 1.54) is 0 Å². The molecular weight excluding hydrogens is 524 g/mol. The molecule has 0 bridgehead atoms. The minimum absolute atomic E-state index is 0.823. The molecule has 0 unspecified atom stereocenters. The number of carboxylic acid groups (broad SMARTS) is 4. The van der Waals surface area contributed by atoms with E-state index in [-0.39, 0.29) is 0 Å². The zero-order valence-corrected chi connectivity index (χ0v) is 21.0. The van der Waals surface area contributed by atoms with Crippen molar-refractivity contribution in [2.75, 3.05) is 51.8 Å². The van der Waals surface area contributed by atoms with E-state index >= 15 is 0 Å². The summed E-state index contributed by atoms with van der Waals surface area (Å²) in [6.07, 6.45) is 1.63. The molecule has 1 aliphatic rings. The van der Waals surface area contributed by atoms with Crippen molar-refractivity contribution in [1.29, 1.82) is 0 Å². The van der Waals surface area contributed by atoms with Crippen molar-refractivity contribution >= 4 is 51.2 Å². The summed E-state index contributed by atoms with van der Waals surface area (Å²) in [5.74, 6) is -5.54. The Hall–Kier alpha value is -4.34. The SMILES string of the molecule is COc1ccc(-c2csc3ncnc(NCCN4CCOCC4)c23)cc1.O=C(O)C(=O)O.O=C(O)C(=O)O. The lowest BCUT2D eigenvalue weighted by Crippen LogP contribution is -2.39. The van der Waals surface area contributed by atoms with Gasteiger partial charge in [0.05, 0.1) is 25.7 Å². The topological polar surface area (TPSA) is 209 Å². The number of carboxylic acids is 4. The first-order valence-electron chi connectivity index (χ1n) is 11.0. The van der Waals surface area contributed by atoms with E-state index in [0.29, 0.717) is 0 Å². The van der Waals surface area contributed by atoms with Crippen molar-refractivity contribution in [3.63, 3.8) is 0 Å². The van der Waals surface area contributed by atoms with Crippen LogP contribution < -0.4 is 10.1 Å². The lowest BCUT2D eigenvalue weighted by molar-refractivity contribution is -0.159. The van der Waals surface area contributed by atoms with Crippen LogP contribution >= 0.6 is 11.3 Å². The van der Waals surface area contributed by atoms with Crippen molar-refractivity contribution in [3.05, 3.63) is 36.0 Å². The van der Waals surface area contributed by atoms with Gasteiger partial charge in [-0.05, 0) is 17.7 Å². The van der Waals surface area contributed by atoms with Gasteiger partial charge >= 0.3 is 23.9 Å². The molecule has 1 aliphatic heterocycles. The van der Waals surface area contributed by atoms with Gasteiger partial charge in [-0.1, -0.05) is 12.1 Å². The molecule has 15 heteroatoms. The van der Waals surface area contributed by atoms with E-state index in [1.807, 2.05) is 12.1 Å². The van der Waals surface area contributed by atoms with Gasteiger partial charge in [0.25, 0.3) is 0 Å². The highest BCUT2D eigenvalue weighted by atomic mass is 32.1. The average molecular weight is 551 g/mol. The third-order valence-corrected chi connectivity index (χ3v) is 5.85. The molecule has 1 saturated heterocycles.